The van der Waals surface area contributed by atoms with Crippen molar-refractivity contribution < 1.29 is 9.90 Å². The minimum Gasteiger partial charge on any atom is -0.392 e. The maximum absolute atomic E-state index is 13.7. The number of aryl methyl sites for hydroxylation is 1. The minimum atomic E-state index is -0.378. The summed E-state index contributed by atoms with van der Waals surface area (Å²) in [6.07, 6.45) is 8.65. The summed E-state index contributed by atoms with van der Waals surface area (Å²) in [5.41, 5.74) is 4.98. The van der Waals surface area contributed by atoms with Crippen LogP contribution in [0.5, 0.6) is 0 Å². The van der Waals surface area contributed by atoms with Gasteiger partial charge in [0.05, 0.1) is 13.2 Å². The summed E-state index contributed by atoms with van der Waals surface area (Å²) in [7, 11) is 3.38. The van der Waals surface area contributed by atoms with Crippen molar-refractivity contribution in [3.05, 3.63) is 92.3 Å². The number of carbonyl (C=O) groups is 1. The highest BCUT2D eigenvalue weighted by molar-refractivity contribution is 5.94. The number of fused-ring (bicyclic) bond motifs is 4. The molecule has 2 N–H and O–H groups in total. The van der Waals surface area contributed by atoms with Gasteiger partial charge in [-0.15, -0.1) is 0 Å². The number of pyridine rings is 2. The topological polar surface area (TPSA) is 132 Å². The van der Waals surface area contributed by atoms with Gasteiger partial charge in [-0.25, -0.2) is 4.98 Å². The second kappa shape index (κ2) is 9.53. The van der Waals surface area contributed by atoms with Crippen LogP contribution in [0, 0.1) is 5.41 Å². The molecule has 0 atom stereocenters. The first-order chi connectivity index (χ1) is 20.5. The molecule has 0 bridgehead atoms. The predicted octanol–water partition coefficient (Wildman–Crippen LogP) is 2.49. The van der Waals surface area contributed by atoms with Crippen molar-refractivity contribution >= 4 is 22.9 Å². The van der Waals surface area contributed by atoms with E-state index in [1.165, 1.54) is 14.7 Å². The molecule has 0 fully saturated rings. The Morgan fingerprint density at radius 3 is 2.63 bits per heavy atom. The van der Waals surface area contributed by atoms with Crippen molar-refractivity contribution in [3.8, 4) is 16.9 Å². The van der Waals surface area contributed by atoms with Crippen molar-refractivity contribution in [3.63, 3.8) is 0 Å². The predicted molar refractivity (Wildman–Crippen MR) is 161 cm³/mol. The van der Waals surface area contributed by atoms with E-state index < -0.39 is 0 Å². The molecule has 1 aliphatic heterocycles. The number of nitrogens with zero attached hydrogens (tertiary/aromatic N) is 7. The summed E-state index contributed by atoms with van der Waals surface area (Å²) in [5, 5.41) is 18.1. The number of hydrogen-bond acceptors (Lipinski definition) is 7. The van der Waals surface area contributed by atoms with Crippen molar-refractivity contribution in [1.82, 2.24) is 33.2 Å². The number of rotatable bonds is 5. The van der Waals surface area contributed by atoms with Gasteiger partial charge in [0.15, 0.2) is 5.82 Å². The van der Waals surface area contributed by atoms with Gasteiger partial charge in [-0.1, -0.05) is 13.8 Å². The summed E-state index contributed by atoms with van der Waals surface area (Å²) >= 11 is 0. The molecular formula is C31H32N8O4. The monoisotopic (exact) mass is 580 g/mol. The highest BCUT2D eigenvalue weighted by Gasteiger charge is 2.32. The smallest absolute Gasteiger partial charge is 0.280 e. The quantitative estimate of drug-likeness (QED) is 0.327. The van der Waals surface area contributed by atoms with Crippen LogP contribution in [0.15, 0.2) is 58.6 Å². The van der Waals surface area contributed by atoms with Crippen LogP contribution in [0.25, 0.3) is 22.5 Å². The van der Waals surface area contributed by atoms with Gasteiger partial charge in [-0.2, -0.15) is 5.10 Å². The molecule has 5 aromatic rings. The number of amides is 1. The zero-order valence-corrected chi connectivity index (χ0v) is 24.5. The van der Waals surface area contributed by atoms with Crippen molar-refractivity contribution in [2.24, 2.45) is 12.5 Å². The standard InChI is InChI=1S/C31H32N8O4/c1-31(2)14-18-12-23-30(43)38(9-8-37(23)25(18)15-31)27-21(17-40)20(5-6-32-27)19-11-22(28(41)36(4)16-19)33-26-13-24-29(42)35(3)7-10-39(24)34-26/h5-6,8-9,11-13,16,40H,7,10,14-15,17H2,1-4H3,(H,33,34). The second-order valence-corrected chi connectivity index (χ2v) is 12.2. The number of nitrogens with one attached hydrogen (secondary N) is 1. The van der Waals surface area contributed by atoms with Crippen LogP contribution in [0.4, 0.5) is 11.5 Å². The van der Waals surface area contributed by atoms with Gasteiger partial charge in [-0.05, 0) is 47.6 Å². The van der Waals surface area contributed by atoms with Crippen molar-refractivity contribution in [1.29, 1.82) is 0 Å². The Morgan fingerprint density at radius 1 is 1.02 bits per heavy atom. The summed E-state index contributed by atoms with van der Waals surface area (Å²) in [6, 6.07) is 7.03. The molecule has 1 amide bonds. The molecule has 12 nitrogen and oxygen atoms in total. The molecule has 0 spiro atoms. The Labute approximate surface area is 246 Å². The van der Waals surface area contributed by atoms with E-state index in [1.807, 2.05) is 16.7 Å². The van der Waals surface area contributed by atoms with Gasteiger partial charge in [0.1, 0.15) is 22.7 Å². The third-order valence-corrected chi connectivity index (χ3v) is 8.52. The molecule has 0 saturated carbocycles. The molecule has 5 aromatic heterocycles. The zero-order chi connectivity index (χ0) is 30.2. The summed E-state index contributed by atoms with van der Waals surface area (Å²) < 4.78 is 6.51. The number of likely N-dealkylation sites (N-methyl/N-ethyl adjacent to an activating group) is 1. The first kappa shape index (κ1) is 26.9. The fourth-order valence-corrected chi connectivity index (χ4v) is 6.39. The lowest BCUT2D eigenvalue weighted by Crippen LogP contribution is -2.37. The number of aliphatic hydroxyl groups excluding tert-OH is 1. The summed E-state index contributed by atoms with van der Waals surface area (Å²) in [5.74, 6) is 0.572. The van der Waals surface area contributed by atoms with Gasteiger partial charge >= 0.3 is 0 Å². The van der Waals surface area contributed by atoms with Crippen LogP contribution in [0.2, 0.25) is 0 Å². The fraction of sp³-hybridized carbons (Fsp3) is 0.323. The zero-order valence-electron chi connectivity index (χ0n) is 24.5. The Hall–Kier alpha value is -4.97. The number of aliphatic hydroxyl groups is 1. The minimum absolute atomic E-state index is 0.132. The largest absolute Gasteiger partial charge is 0.392 e. The van der Waals surface area contributed by atoms with Crippen LogP contribution in [-0.2, 0) is 33.0 Å². The highest BCUT2D eigenvalue weighted by Crippen LogP contribution is 2.37. The van der Waals surface area contributed by atoms with Crippen LogP contribution < -0.4 is 16.4 Å². The lowest BCUT2D eigenvalue weighted by atomic mass is 9.90. The lowest BCUT2D eigenvalue weighted by molar-refractivity contribution is 0.0743. The highest BCUT2D eigenvalue weighted by atomic mass is 16.3. The Morgan fingerprint density at radius 2 is 1.84 bits per heavy atom. The van der Waals surface area contributed by atoms with E-state index in [0.717, 1.165) is 18.5 Å². The Bertz CT molecular complexity index is 2080. The third kappa shape index (κ3) is 4.28. The van der Waals surface area contributed by atoms with Crippen molar-refractivity contribution in [2.75, 3.05) is 18.9 Å². The molecule has 1 aliphatic carbocycles. The SMILES string of the molecule is CN1CCn2nc(Nc3cc(-c4ccnc(-n5ccn6c7c(cc6c5=O)CC(C)(C)C7)c4CO)cn(C)c3=O)cc2C1=O. The average Bonchev–Trinajstić information content (AvgIpc) is 3.63. The molecule has 2 aliphatic rings. The first-order valence-corrected chi connectivity index (χ1v) is 14.2. The van der Waals surface area contributed by atoms with Crippen LogP contribution >= 0.6 is 0 Å². The van der Waals surface area contributed by atoms with Gasteiger partial charge in [0, 0.05) is 68.3 Å². The molecule has 43 heavy (non-hydrogen) atoms. The van der Waals surface area contributed by atoms with E-state index in [4.69, 9.17) is 0 Å². The molecule has 6 heterocycles. The van der Waals surface area contributed by atoms with E-state index in [2.05, 4.69) is 29.2 Å². The maximum Gasteiger partial charge on any atom is 0.280 e. The molecule has 12 heteroatoms. The summed E-state index contributed by atoms with van der Waals surface area (Å²) in [6.45, 7) is 5.20. The number of aromatic nitrogens is 6. The van der Waals surface area contributed by atoms with Gasteiger partial charge in [-0.3, -0.25) is 23.6 Å². The van der Waals surface area contributed by atoms with Crippen LogP contribution in [-0.4, -0.2) is 57.8 Å². The molecule has 220 valence electrons. The fourth-order valence-electron chi connectivity index (χ4n) is 6.39. The van der Waals surface area contributed by atoms with Crippen LogP contribution in [0.3, 0.4) is 0 Å². The number of carbonyl (C=O) groups excluding carboxylic acids is 1. The number of hydrogen-bond donors (Lipinski definition) is 2. The van der Waals surface area contributed by atoms with E-state index in [0.29, 0.717) is 52.6 Å². The van der Waals surface area contributed by atoms with E-state index in [9.17, 15) is 19.5 Å². The molecule has 0 radical (unpaired) electrons. The molecular weight excluding hydrogens is 548 g/mol. The Balaban J connectivity index is 1.29. The van der Waals surface area contributed by atoms with E-state index in [1.54, 1.807) is 60.5 Å². The van der Waals surface area contributed by atoms with Gasteiger partial charge < -0.3 is 24.3 Å². The Kier molecular flexibility index (Phi) is 5.96. The van der Waals surface area contributed by atoms with Gasteiger partial charge in [0.2, 0.25) is 0 Å². The van der Waals surface area contributed by atoms with Crippen molar-refractivity contribution in [2.45, 2.75) is 39.8 Å². The van der Waals surface area contributed by atoms with Crippen LogP contribution in [0.1, 0.15) is 41.2 Å². The molecule has 0 unspecified atom stereocenters. The summed E-state index contributed by atoms with van der Waals surface area (Å²) in [4.78, 5) is 45.5. The average molecular weight is 581 g/mol. The van der Waals surface area contributed by atoms with Gasteiger partial charge in [0.25, 0.3) is 17.0 Å². The molecule has 7 rings (SSSR count). The number of anilines is 2. The third-order valence-electron chi connectivity index (χ3n) is 8.52. The first-order valence-electron chi connectivity index (χ1n) is 14.2. The van der Waals surface area contributed by atoms with E-state index in [-0.39, 0.29) is 34.7 Å². The van der Waals surface area contributed by atoms with E-state index >= 15 is 0 Å². The normalized spacial score (nSPS) is 15.7. The molecule has 0 aromatic carbocycles. The lowest BCUT2D eigenvalue weighted by Gasteiger charge is -2.22. The second-order valence-electron chi connectivity index (χ2n) is 12.2. The maximum atomic E-state index is 13.7. The molecule has 0 saturated heterocycles.